The number of ether oxygens (including phenoxy) is 2. The van der Waals surface area contributed by atoms with Gasteiger partial charge in [-0.2, -0.15) is 0 Å². The van der Waals surface area contributed by atoms with E-state index in [0.717, 1.165) is 11.1 Å². The standard InChI is InChI=1S/C26H30ClNO5/c1-5-33-21-12-11-19(15-20(21)27)24(29)22-23(18-9-7-17(8-10-18)16(2)3)28(13-6-14-32-4)26(31)25(22)30/h7-12,15-16,23,29H,5-6,13-14H2,1-4H3/b24-22-. The van der Waals surface area contributed by atoms with Crippen LogP contribution in [0.2, 0.25) is 5.02 Å². The Kier molecular flexibility index (Phi) is 8.16. The van der Waals surface area contributed by atoms with Crippen molar-refractivity contribution in [1.29, 1.82) is 0 Å². The molecule has 2 aromatic rings. The summed E-state index contributed by atoms with van der Waals surface area (Å²) < 4.78 is 10.6. The van der Waals surface area contributed by atoms with Crippen molar-refractivity contribution in [2.75, 3.05) is 26.9 Å². The van der Waals surface area contributed by atoms with Gasteiger partial charge < -0.3 is 19.5 Å². The number of aliphatic hydroxyl groups excluding tert-OH is 1. The lowest BCUT2D eigenvalue weighted by atomic mass is 9.93. The molecule has 0 bridgehead atoms. The van der Waals surface area contributed by atoms with Crippen LogP contribution in [-0.2, 0) is 14.3 Å². The summed E-state index contributed by atoms with van der Waals surface area (Å²) >= 11 is 6.30. The molecule has 2 aromatic carbocycles. The number of carbonyl (C=O) groups excluding carboxylic acids is 2. The Morgan fingerprint density at radius 3 is 2.42 bits per heavy atom. The number of hydrogen-bond acceptors (Lipinski definition) is 5. The van der Waals surface area contributed by atoms with Gasteiger partial charge in [0.1, 0.15) is 11.5 Å². The van der Waals surface area contributed by atoms with Crippen LogP contribution in [0.3, 0.4) is 0 Å². The molecular weight excluding hydrogens is 442 g/mol. The van der Waals surface area contributed by atoms with E-state index in [9.17, 15) is 14.7 Å². The third-order valence-corrected chi connectivity index (χ3v) is 6.01. The van der Waals surface area contributed by atoms with Crippen LogP contribution in [0, 0.1) is 0 Å². The van der Waals surface area contributed by atoms with Gasteiger partial charge in [0, 0.05) is 25.8 Å². The smallest absolute Gasteiger partial charge is 0.295 e. The zero-order valence-electron chi connectivity index (χ0n) is 19.4. The van der Waals surface area contributed by atoms with Crippen molar-refractivity contribution in [3.8, 4) is 5.75 Å². The van der Waals surface area contributed by atoms with Crippen molar-refractivity contribution in [3.63, 3.8) is 0 Å². The number of Topliss-reactive ketones (excluding diaryl/α,β-unsaturated/α-hetero) is 1. The second-order valence-electron chi connectivity index (χ2n) is 8.24. The molecule has 0 radical (unpaired) electrons. The van der Waals surface area contributed by atoms with Gasteiger partial charge in [-0.25, -0.2) is 0 Å². The summed E-state index contributed by atoms with van der Waals surface area (Å²) in [6.45, 7) is 7.28. The lowest BCUT2D eigenvalue weighted by Crippen LogP contribution is -2.31. The molecule has 0 saturated carbocycles. The molecule has 1 unspecified atom stereocenters. The quantitative estimate of drug-likeness (QED) is 0.232. The average Bonchev–Trinajstić information content (AvgIpc) is 3.05. The van der Waals surface area contributed by atoms with Crippen LogP contribution >= 0.6 is 11.6 Å². The molecule has 1 amide bonds. The molecule has 3 rings (SSSR count). The Morgan fingerprint density at radius 1 is 1.15 bits per heavy atom. The predicted octanol–water partition coefficient (Wildman–Crippen LogP) is 5.32. The fourth-order valence-electron chi connectivity index (χ4n) is 3.98. The average molecular weight is 472 g/mol. The van der Waals surface area contributed by atoms with E-state index in [0.29, 0.717) is 48.4 Å². The molecule has 33 heavy (non-hydrogen) atoms. The van der Waals surface area contributed by atoms with Crippen molar-refractivity contribution in [2.45, 2.75) is 39.2 Å². The minimum absolute atomic E-state index is 0.0509. The molecule has 7 heteroatoms. The van der Waals surface area contributed by atoms with Crippen LogP contribution in [0.4, 0.5) is 0 Å². The zero-order valence-corrected chi connectivity index (χ0v) is 20.2. The molecular formula is C26H30ClNO5. The van der Waals surface area contributed by atoms with E-state index in [1.165, 1.54) is 4.90 Å². The van der Waals surface area contributed by atoms with Crippen molar-refractivity contribution in [1.82, 2.24) is 4.90 Å². The number of benzene rings is 2. The van der Waals surface area contributed by atoms with Crippen molar-refractivity contribution < 1.29 is 24.2 Å². The van der Waals surface area contributed by atoms with Crippen LogP contribution in [0.15, 0.2) is 48.0 Å². The van der Waals surface area contributed by atoms with Gasteiger partial charge in [0.2, 0.25) is 0 Å². The topological polar surface area (TPSA) is 76.1 Å². The molecule has 176 valence electrons. The number of rotatable bonds is 9. The molecule has 0 aromatic heterocycles. The molecule has 1 fully saturated rings. The number of methoxy groups -OCH3 is 1. The normalized spacial score (nSPS) is 17.8. The summed E-state index contributed by atoms with van der Waals surface area (Å²) in [4.78, 5) is 27.5. The van der Waals surface area contributed by atoms with Crippen molar-refractivity contribution in [3.05, 3.63) is 69.8 Å². The Bertz CT molecular complexity index is 1050. The molecule has 1 aliphatic rings. The summed E-state index contributed by atoms with van der Waals surface area (Å²) in [6.07, 6.45) is 0.568. The Balaban J connectivity index is 2.10. The largest absolute Gasteiger partial charge is 0.507 e. The summed E-state index contributed by atoms with van der Waals surface area (Å²) in [5, 5.41) is 11.5. The number of likely N-dealkylation sites (tertiary alicyclic amines) is 1. The first-order valence-electron chi connectivity index (χ1n) is 11.1. The second kappa shape index (κ2) is 10.9. The first kappa shape index (κ1) is 24.8. The molecule has 6 nitrogen and oxygen atoms in total. The van der Waals surface area contributed by atoms with Gasteiger partial charge >= 0.3 is 0 Å². The van der Waals surface area contributed by atoms with Crippen LogP contribution in [0.1, 0.15) is 55.8 Å². The minimum atomic E-state index is -0.715. The Hall–Kier alpha value is -2.83. The molecule has 1 heterocycles. The van der Waals surface area contributed by atoms with Gasteiger partial charge in [-0.1, -0.05) is 49.7 Å². The maximum atomic E-state index is 13.1. The van der Waals surface area contributed by atoms with Crippen molar-refractivity contribution >= 4 is 29.1 Å². The second-order valence-corrected chi connectivity index (χ2v) is 8.65. The lowest BCUT2D eigenvalue weighted by molar-refractivity contribution is -0.140. The lowest BCUT2D eigenvalue weighted by Gasteiger charge is -2.25. The minimum Gasteiger partial charge on any atom is -0.507 e. The van der Waals surface area contributed by atoms with Crippen LogP contribution in [0.5, 0.6) is 5.75 Å². The zero-order chi connectivity index (χ0) is 24.1. The first-order valence-corrected chi connectivity index (χ1v) is 11.5. The highest BCUT2D eigenvalue weighted by molar-refractivity contribution is 6.46. The molecule has 1 saturated heterocycles. The predicted molar refractivity (Wildman–Crippen MR) is 129 cm³/mol. The van der Waals surface area contributed by atoms with E-state index >= 15 is 0 Å². The maximum Gasteiger partial charge on any atom is 0.295 e. The SMILES string of the molecule is CCOc1ccc(/C(O)=C2/C(=O)C(=O)N(CCCOC)C2c2ccc(C(C)C)cc2)cc1Cl. The number of amides is 1. The number of aliphatic hydroxyl groups is 1. The van der Waals surface area contributed by atoms with Gasteiger partial charge in [0.15, 0.2) is 0 Å². The molecule has 1 N–H and O–H groups in total. The van der Waals surface area contributed by atoms with E-state index in [-0.39, 0.29) is 11.3 Å². The van der Waals surface area contributed by atoms with E-state index in [1.54, 1.807) is 25.3 Å². The number of hydrogen-bond donors (Lipinski definition) is 1. The van der Waals surface area contributed by atoms with Gasteiger partial charge in [-0.05, 0) is 48.6 Å². The number of halogens is 1. The third-order valence-electron chi connectivity index (χ3n) is 5.71. The monoisotopic (exact) mass is 471 g/mol. The molecule has 0 spiro atoms. The van der Waals surface area contributed by atoms with Gasteiger partial charge in [0.25, 0.3) is 11.7 Å². The highest BCUT2D eigenvalue weighted by atomic mass is 35.5. The van der Waals surface area contributed by atoms with Crippen LogP contribution in [0.25, 0.3) is 5.76 Å². The van der Waals surface area contributed by atoms with E-state index < -0.39 is 17.7 Å². The molecule has 1 aliphatic heterocycles. The Labute approximate surface area is 199 Å². The van der Waals surface area contributed by atoms with Crippen LogP contribution < -0.4 is 4.74 Å². The van der Waals surface area contributed by atoms with E-state index in [2.05, 4.69) is 13.8 Å². The highest BCUT2D eigenvalue weighted by Gasteiger charge is 2.45. The number of ketones is 1. The summed E-state index contributed by atoms with van der Waals surface area (Å²) in [5.74, 6) is -0.782. The fraction of sp³-hybridized carbons (Fsp3) is 0.385. The van der Waals surface area contributed by atoms with Gasteiger partial charge in [0.05, 0.1) is 23.2 Å². The summed E-state index contributed by atoms with van der Waals surface area (Å²) in [7, 11) is 1.59. The van der Waals surface area contributed by atoms with E-state index in [1.807, 2.05) is 31.2 Å². The van der Waals surface area contributed by atoms with Gasteiger partial charge in [-0.3, -0.25) is 9.59 Å². The summed E-state index contributed by atoms with van der Waals surface area (Å²) in [5.41, 5.74) is 2.31. The third kappa shape index (κ3) is 5.23. The van der Waals surface area contributed by atoms with Gasteiger partial charge in [-0.15, -0.1) is 0 Å². The van der Waals surface area contributed by atoms with E-state index in [4.69, 9.17) is 21.1 Å². The van der Waals surface area contributed by atoms with Crippen LogP contribution in [-0.4, -0.2) is 48.6 Å². The fourth-order valence-corrected chi connectivity index (χ4v) is 4.21. The number of carbonyl (C=O) groups is 2. The Morgan fingerprint density at radius 2 is 1.85 bits per heavy atom. The molecule has 1 atom stereocenters. The maximum absolute atomic E-state index is 13.1. The highest BCUT2D eigenvalue weighted by Crippen LogP contribution is 2.40. The summed E-state index contributed by atoms with van der Waals surface area (Å²) in [6, 6.07) is 11.9. The molecule has 0 aliphatic carbocycles. The van der Waals surface area contributed by atoms with Crippen molar-refractivity contribution in [2.24, 2.45) is 0 Å². The first-order chi connectivity index (χ1) is 15.8. The number of nitrogens with zero attached hydrogens (tertiary/aromatic N) is 1.